The minimum atomic E-state index is -0.431. The number of nitrogens with zero attached hydrogens (tertiary/aromatic N) is 3. The smallest absolute Gasteiger partial charge is 0.415 e. The average Bonchev–Trinajstić information content (AvgIpc) is 3.42. The lowest BCUT2D eigenvalue weighted by Crippen LogP contribution is -2.30. The summed E-state index contributed by atoms with van der Waals surface area (Å²) in [5, 5.41) is 6.19. The zero-order valence-corrected chi connectivity index (χ0v) is 19.6. The van der Waals surface area contributed by atoms with E-state index in [4.69, 9.17) is 14.2 Å². The van der Waals surface area contributed by atoms with Crippen molar-refractivity contribution in [2.75, 3.05) is 43.6 Å². The lowest BCUT2D eigenvalue weighted by atomic mass is 10.0. The Kier molecular flexibility index (Phi) is 5.99. The summed E-state index contributed by atoms with van der Waals surface area (Å²) in [7, 11) is 1.67. The SMILES string of the molecule is COc1nc(C)c2c(c1C)CC(CNCCC1CN(c3ccc4c(n3)NC(=O)CO4)C(=O)O1)C2. The van der Waals surface area contributed by atoms with Crippen LogP contribution in [0.2, 0.25) is 0 Å². The molecule has 0 bridgehead atoms. The number of cyclic esters (lactones) is 1. The zero-order chi connectivity index (χ0) is 23.8. The zero-order valence-electron chi connectivity index (χ0n) is 19.6. The first-order valence-corrected chi connectivity index (χ1v) is 11.6. The van der Waals surface area contributed by atoms with Crippen LogP contribution in [0.25, 0.3) is 0 Å². The van der Waals surface area contributed by atoms with Crippen molar-refractivity contribution in [1.82, 2.24) is 15.3 Å². The summed E-state index contributed by atoms with van der Waals surface area (Å²) in [4.78, 5) is 34.4. The van der Waals surface area contributed by atoms with Crippen LogP contribution in [0.15, 0.2) is 12.1 Å². The van der Waals surface area contributed by atoms with Crippen LogP contribution in [0.4, 0.5) is 16.4 Å². The molecule has 2 aliphatic heterocycles. The van der Waals surface area contributed by atoms with E-state index >= 15 is 0 Å². The van der Waals surface area contributed by atoms with Crippen molar-refractivity contribution in [2.24, 2.45) is 5.92 Å². The Balaban J connectivity index is 1.11. The number of amides is 2. The van der Waals surface area contributed by atoms with Crippen molar-refractivity contribution in [2.45, 2.75) is 39.2 Å². The van der Waals surface area contributed by atoms with Crippen molar-refractivity contribution in [3.05, 3.63) is 34.5 Å². The van der Waals surface area contributed by atoms with E-state index in [9.17, 15) is 9.59 Å². The fourth-order valence-electron chi connectivity index (χ4n) is 4.95. The van der Waals surface area contributed by atoms with Crippen LogP contribution in [0.5, 0.6) is 11.6 Å². The second-order valence-electron chi connectivity index (χ2n) is 9.03. The molecule has 0 radical (unpaired) electrons. The quantitative estimate of drug-likeness (QED) is 0.596. The maximum absolute atomic E-state index is 12.4. The number of carbonyl (C=O) groups excluding carboxylic acids is 2. The van der Waals surface area contributed by atoms with Gasteiger partial charge in [-0.15, -0.1) is 0 Å². The molecule has 10 heteroatoms. The van der Waals surface area contributed by atoms with Crippen LogP contribution >= 0.6 is 0 Å². The summed E-state index contributed by atoms with van der Waals surface area (Å²) in [5.41, 5.74) is 4.92. The molecule has 2 unspecified atom stereocenters. The highest BCUT2D eigenvalue weighted by Gasteiger charge is 2.34. The van der Waals surface area contributed by atoms with E-state index in [0.29, 0.717) is 36.3 Å². The van der Waals surface area contributed by atoms with Crippen LogP contribution in [-0.2, 0) is 22.4 Å². The number of methoxy groups -OCH3 is 1. The second kappa shape index (κ2) is 9.09. The normalized spacial score (nSPS) is 21.0. The van der Waals surface area contributed by atoms with Gasteiger partial charge in [-0.05, 0) is 75.4 Å². The number of nitrogens with one attached hydrogen (secondary N) is 2. The molecule has 10 nitrogen and oxygen atoms in total. The Morgan fingerprint density at radius 2 is 2.03 bits per heavy atom. The molecule has 0 aromatic carbocycles. The number of rotatable bonds is 7. The topological polar surface area (TPSA) is 115 Å². The predicted octanol–water partition coefficient (Wildman–Crippen LogP) is 2.15. The van der Waals surface area contributed by atoms with E-state index in [1.165, 1.54) is 16.0 Å². The number of hydrogen-bond acceptors (Lipinski definition) is 8. The van der Waals surface area contributed by atoms with Crippen molar-refractivity contribution in [3.8, 4) is 11.6 Å². The third-order valence-electron chi connectivity index (χ3n) is 6.71. The summed E-state index contributed by atoms with van der Waals surface area (Å²) in [6.07, 6.45) is 2.09. The number of ether oxygens (including phenoxy) is 3. The summed E-state index contributed by atoms with van der Waals surface area (Å²) >= 11 is 0. The van der Waals surface area contributed by atoms with E-state index in [-0.39, 0.29) is 18.6 Å². The highest BCUT2D eigenvalue weighted by molar-refractivity contribution is 5.95. The molecular formula is C24H29N5O5. The van der Waals surface area contributed by atoms with Crippen LogP contribution in [0.1, 0.15) is 28.8 Å². The van der Waals surface area contributed by atoms with Crippen LogP contribution in [0, 0.1) is 19.8 Å². The number of aryl methyl sites for hydroxylation is 1. The van der Waals surface area contributed by atoms with Gasteiger partial charge in [0, 0.05) is 11.3 Å². The predicted molar refractivity (Wildman–Crippen MR) is 125 cm³/mol. The largest absolute Gasteiger partial charge is 0.481 e. The molecule has 1 aliphatic carbocycles. The molecule has 2 N–H and O–H groups in total. The van der Waals surface area contributed by atoms with E-state index in [1.807, 2.05) is 0 Å². The molecule has 2 aromatic rings. The fraction of sp³-hybridized carbons (Fsp3) is 0.500. The molecule has 2 atom stereocenters. The number of anilines is 2. The number of pyridine rings is 2. The second-order valence-corrected chi connectivity index (χ2v) is 9.03. The molecular weight excluding hydrogens is 438 g/mol. The minimum absolute atomic E-state index is 0.0356. The first-order chi connectivity index (χ1) is 16.4. The third-order valence-corrected chi connectivity index (χ3v) is 6.71. The van der Waals surface area contributed by atoms with Gasteiger partial charge in [0.15, 0.2) is 18.2 Å². The third kappa shape index (κ3) is 4.25. The Morgan fingerprint density at radius 1 is 1.21 bits per heavy atom. The Labute approximate surface area is 198 Å². The maximum Gasteiger partial charge on any atom is 0.415 e. The molecule has 0 spiro atoms. The van der Waals surface area contributed by atoms with Crippen molar-refractivity contribution >= 4 is 23.6 Å². The highest BCUT2D eigenvalue weighted by atomic mass is 16.6. The molecule has 1 fully saturated rings. The van der Waals surface area contributed by atoms with E-state index in [0.717, 1.165) is 43.1 Å². The van der Waals surface area contributed by atoms with E-state index < -0.39 is 6.09 Å². The first-order valence-electron chi connectivity index (χ1n) is 11.6. The van der Waals surface area contributed by atoms with Gasteiger partial charge < -0.3 is 24.8 Å². The standard InChI is InChI=1S/C24H29N5O5/c1-13-17-8-15(9-18(17)14(2)26-23(13)32-3)10-25-7-6-16-11-29(24(31)34-16)20-5-4-19-22(27-20)28-21(30)12-33-19/h4-5,15-16,25H,6-12H2,1-3H3,(H,27,28,30). The molecule has 0 saturated carbocycles. The number of fused-ring (bicyclic) bond motifs is 2. The monoisotopic (exact) mass is 467 g/mol. The van der Waals surface area contributed by atoms with Crippen molar-refractivity contribution in [3.63, 3.8) is 0 Å². The Morgan fingerprint density at radius 3 is 2.85 bits per heavy atom. The summed E-state index contributed by atoms with van der Waals surface area (Å²) in [6, 6.07) is 3.40. The van der Waals surface area contributed by atoms with Gasteiger partial charge in [0.2, 0.25) is 5.88 Å². The molecule has 4 heterocycles. The van der Waals surface area contributed by atoms with E-state index in [2.05, 4.69) is 34.4 Å². The number of carbonyl (C=O) groups is 2. The molecule has 1 saturated heterocycles. The van der Waals surface area contributed by atoms with Gasteiger partial charge in [0.05, 0.1) is 13.7 Å². The maximum atomic E-state index is 12.4. The van der Waals surface area contributed by atoms with Crippen molar-refractivity contribution in [1.29, 1.82) is 0 Å². The van der Waals surface area contributed by atoms with Gasteiger partial charge >= 0.3 is 6.09 Å². The fourth-order valence-corrected chi connectivity index (χ4v) is 4.95. The highest BCUT2D eigenvalue weighted by Crippen LogP contribution is 2.34. The van der Waals surface area contributed by atoms with Gasteiger partial charge in [-0.25, -0.2) is 14.8 Å². The summed E-state index contributed by atoms with van der Waals surface area (Å²) in [6.45, 7) is 6.16. The number of hydrogen-bond donors (Lipinski definition) is 2. The van der Waals surface area contributed by atoms with Gasteiger partial charge in [0.1, 0.15) is 11.9 Å². The molecule has 180 valence electrons. The number of aromatic nitrogens is 2. The van der Waals surface area contributed by atoms with E-state index in [1.54, 1.807) is 19.2 Å². The average molecular weight is 468 g/mol. The molecule has 3 aliphatic rings. The minimum Gasteiger partial charge on any atom is -0.481 e. The molecule has 5 rings (SSSR count). The summed E-state index contributed by atoms with van der Waals surface area (Å²) in [5.74, 6) is 2.22. The molecule has 34 heavy (non-hydrogen) atoms. The molecule has 2 amide bonds. The van der Waals surface area contributed by atoms with Gasteiger partial charge in [-0.2, -0.15) is 0 Å². The van der Waals surface area contributed by atoms with Gasteiger partial charge in [-0.3, -0.25) is 9.69 Å². The molecule has 2 aromatic heterocycles. The van der Waals surface area contributed by atoms with Crippen LogP contribution < -0.4 is 25.0 Å². The first kappa shape index (κ1) is 22.4. The lowest BCUT2D eigenvalue weighted by molar-refractivity contribution is -0.118. The van der Waals surface area contributed by atoms with Crippen LogP contribution in [0.3, 0.4) is 0 Å². The van der Waals surface area contributed by atoms with Crippen molar-refractivity contribution < 1.29 is 23.8 Å². The lowest BCUT2D eigenvalue weighted by Gasteiger charge is -2.19. The van der Waals surface area contributed by atoms with Gasteiger partial charge in [0.25, 0.3) is 5.91 Å². The Bertz CT molecular complexity index is 1140. The Hall–Kier alpha value is -3.40. The summed E-state index contributed by atoms with van der Waals surface area (Å²) < 4.78 is 16.3. The van der Waals surface area contributed by atoms with Crippen LogP contribution in [-0.4, -0.2) is 61.4 Å². The van der Waals surface area contributed by atoms with Gasteiger partial charge in [-0.1, -0.05) is 0 Å².